The van der Waals surface area contributed by atoms with Crippen LogP contribution < -0.4 is 5.32 Å². The highest BCUT2D eigenvalue weighted by Crippen LogP contribution is 2.37. The molecule has 1 saturated heterocycles. The van der Waals surface area contributed by atoms with E-state index in [2.05, 4.69) is 5.32 Å². The number of nitrogens with one attached hydrogen (secondary N) is 1. The summed E-state index contributed by atoms with van der Waals surface area (Å²) in [5, 5.41) is 11.8. The first-order valence-electron chi connectivity index (χ1n) is 7.03. The Morgan fingerprint density at radius 3 is 2.45 bits per heavy atom. The van der Waals surface area contributed by atoms with Crippen molar-refractivity contribution in [2.24, 2.45) is 11.8 Å². The molecule has 1 aromatic carbocycles. The highest BCUT2D eigenvalue weighted by Gasteiger charge is 2.38. The standard InChI is InChI=1S/C15H18N2O3/c18-14(19)12-6-1-2-7-13(12)16-15(20)17-8-10-4-3-5-11(10)9-17/h1-2,6-7,10-11H,3-5,8-9H2,(H,16,20)(H,18,19). The molecule has 2 atom stereocenters. The molecule has 0 aromatic heterocycles. The van der Waals surface area contributed by atoms with Crippen LogP contribution in [0, 0.1) is 11.8 Å². The Labute approximate surface area is 117 Å². The van der Waals surface area contributed by atoms with Crippen LogP contribution >= 0.6 is 0 Å². The number of hydrogen-bond donors (Lipinski definition) is 2. The van der Waals surface area contributed by atoms with Gasteiger partial charge in [-0.05, 0) is 36.8 Å². The van der Waals surface area contributed by atoms with Gasteiger partial charge >= 0.3 is 12.0 Å². The zero-order valence-corrected chi connectivity index (χ0v) is 11.2. The predicted molar refractivity (Wildman–Crippen MR) is 74.8 cm³/mol. The van der Waals surface area contributed by atoms with Gasteiger partial charge in [0.15, 0.2) is 0 Å². The summed E-state index contributed by atoms with van der Waals surface area (Å²) in [5.41, 5.74) is 0.488. The van der Waals surface area contributed by atoms with Gasteiger partial charge in [-0.3, -0.25) is 0 Å². The average Bonchev–Trinajstić information content (AvgIpc) is 2.99. The van der Waals surface area contributed by atoms with Crippen molar-refractivity contribution in [3.63, 3.8) is 0 Å². The maximum absolute atomic E-state index is 12.2. The molecule has 2 N–H and O–H groups in total. The predicted octanol–water partition coefficient (Wildman–Crippen LogP) is 2.65. The molecule has 20 heavy (non-hydrogen) atoms. The van der Waals surface area contributed by atoms with E-state index in [1.807, 2.05) is 4.90 Å². The average molecular weight is 274 g/mol. The zero-order valence-electron chi connectivity index (χ0n) is 11.2. The van der Waals surface area contributed by atoms with Crippen molar-refractivity contribution in [3.05, 3.63) is 29.8 Å². The number of rotatable bonds is 2. The van der Waals surface area contributed by atoms with E-state index in [0.717, 1.165) is 13.1 Å². The highest BCUT2D eigenvalue weighted by atomic mass is 16.4. The van der Waals surface area contributed by atoms with E-state index in [9.17, 15) is 9.59 Å². The first kappa shape index (κ1) is 13.0. The number of hydrogen-bond acceptors (Lipinski definition) is 2. The lowest BCUT2D eigenvalue weighted by Crippen LogP contribution is -2.34. The van der Waals surface area contributed by atoms with Gasteiger partial charge in [0.25, 0.3) is 0 Å². The van der Waals surface area contributed by atoms with Crippen LogP contribution in [0.3, 0.4) is 0 Å². The smallest absolute Gasteiger partial charge is 0.337 e. The van der Waals surface area contributed by atoms with E-state index >= 15 is 0 Å². The van der Waals surface area contributed by atoms with Crippen molar-refractivity contribution in [1.82, 2.24) is 4.90 Å². The SMILES string of the molecule is O=C(O)c1ccccc1NC(=O)N1CC2CCCC2C1. The summed E-state index contributed by atoms with van der Waals surface area (Å²) >= 11 is 0. The molecule has 1 saturated carbocycles. The van der Waals surface area contributed by atoms with Gasteiger partial charge in [0, 0.05) is 13.1 Å². The summed E-state index contributed by atoms with van der Waals surface area (Å²) in [4.78, 5) is 25.2. The van der Waals surface area contributed by atoms with Crippen LogP contribution in [0.2, 0.25) is 0 Å². The number of nitrogens with zero attached hydrogens (tertiary/aromatic N) is 1. The molecule has 0 spiro atoms. The van der Waals surface area contributed by atoms with E-state index in [4.69, 9.17) is 5.11 Å². The van der Waals surface area contributed by atoms with Gasteiger partial charge in [-0.15, -0.1) is 0 Å². The second kappa shape index (κ2) is 5.15. The van der Waals surface area contributed by atoms with Crippen LogP contribution in [0.15, 0.2) is 24.3 Å². The Kier molecular flexibility index (Phi) is 3.34. The molecule has 0 bridgehead atoms. The minimum atomic E-state index is -1.03. The minimum Gasteiger partial charge on any atom is -0.478 e. The van der Waals surface area contributed by atoms with Crippen LogP contribution in [0.1, 0.15) is 29.6 Å². The van der Waals surface area contributed by atoms with Crippen LogP contribution in [0.4, 0.5) is 10.5 Å². The second-order valence-electron chi connectivity index (χ2n) is 5.64. The van der Waals surface area contributed by atoms with Crippen molar-refractivity contribution in [3.8, 4) is 0 Å². The van der Waals surface area contributed by atoms with Crippen LogP contribution in [-0.2, 0) is 0 Å². The van der Waals surface area contributed by atoms with Gasteiger partial charge in [0.1, 0.15) is 0 Å². The number of carbonyl (C=O) groups is 2. The number of aromatic carboxylic acids is 1. The Balaban J connectivity index is 1.69. The molecule has 2 unspecified atom stereocenters. The molecule has 1 aliphatic carbocycles. The van der Waals surface area contributed by atoms with Gasteiger partial charge in [0.2, 0.25) is 0 Å². The summed E-state index contributed by atoms with van der Waals surface area (Å²) in [7, 11) is 0. The molecule has 0 radical (unpaired) electrons. The van der Waals surface area contributed by atoms with E-state index in [0.29, 0.717) is 17.5 Å². The normalized spacial score (nSPS) is 24.5. The number of carbonyl (C=O) groups excluding carboxylic acids is 1. The van der Waals surface area contributed by atoms with Crippen molar-refractivity contribution in [2.45, 2.75) is 19.3 Å². The maximum atomic E-state index is 12.2. The molecule has 3 rings (SSSR count). The Bertz CT molecular complexity index is 532. The zero-order chi connectivity index (χ0) is 14.1. The van der Waals surface area contributed by atoms with Crippen molar-refractivity contribution >= 4 is 17.7 Å². The number of urea groups is 1. The van der Waals surface area contributed by atoms with Crippen molar-refractivity contribution < 1.29 is 14.7 Å². The Morgan fingerprint density at radius 1 is 1.15 bits per heavy atom. The summed E-state index contributed by atoms with van der Waals surface area (Å²) in [6.07, 6.45) is 3.69. The number of fused-ring (bicyclic) bond motifs is 1. The van der Waals surface area contributed by atoms with Gasteiger partial charge in [-0.1, -0.05) is 18.6 Å². The topological polar surface area (TPSA) is 69.6 Å². The number of para-hydroxylation sites is 1. The molecular formula is C15H18N2O3. The maximum Gasteiger partial charge on any atom is 0.337 e. The fraction of sp³-hybridized carbons (Fsp3) is 0.467. The lowest BCUT2D eigenvalue weighted by Gasteiger charge is -2.18. The quantitative estimate of drug-likeness (QED) is 0.871. The fourth-order valence-corrected chi connectivity index (χ4v) is 3.37. The molecule has 1 heterocycles. The third-order valence-corrected chi connectivity index (χ3v) is 4.41. The molecule has 5 heteroatoms. The third kappa shape index (κ3) is 2.35. The molecule has 2 amide bonds. The molecule has 2 aliphatic rings. The third-order valence-electron chi connectivity index (χ3n) is 4.41. The van der Waals surface area contributed by atoms with E-state index in [-0.39, 0.29) is 11.6 Å². The Hall–Kier alpha value is -2.04. The number of benzene rings is 1. The summed E-state index contributed by atoms with van der Waals surface area (Å²) in [5.74, 6) is 0.241. The fourth-order valence-electron chi connectivity index (χ4n) is 3.37. The summed E-state index contributed by atoms with van der Waals surface area (Å²) < 4.78 is 0. The first-order valence-corrected chi connectivity index (χ1v) is 7.03. The van der Waals surface area contributed by atoms with E-state index < -0.39 is 5.97 Å². The van der Waals surface area contributed by atoms with E-state index in [1.165, 1.54) is 25.3 Å². The van der Waals surface area contributed by atoms with Gasteiger partial charge in [-0.2, -0.15) is 0 Å². The Morgan fingerprint density at radius 2 is 1.80 bits per heavy atom. The molecule has 106 valence electrons. The van der Waals surface area contributed by atoms with Crippen LogP contribution in [0.25, 0.3) is 0 Å². The molecule has 1 aliphatic heterocycles. The van der Waals surface area contributed by atoms with Crippen LogP contribution in [-0.4, -0.2) is 35.1 Å². The molecular weight excluding hydrogens is 256 g/mol. The first-order chi connectivity index (χ1) is 9.65. The molecule has 1 aromatic rings. The lowest BCUT2D eigenvalue weighted by atomic mass is 10.0. The number of carboxylic acids is 1. The summed E-state index contributed by atoms with van der Waals surface area (Å²) in [6.45, 7) is 1.59. The summed E-state index contributed by atoms with van der Waals surface area (Å²) in [6, 6.07) is 6.31. The number of amides is 2. The number of anilines is 1. The second-order valence-corrected chi connectivity index (χ2v) is 5.64. The number of likely N-dealkylation sites (tertiary alicyclic amines) is 1. The lowest BCUT2D eigenvalue weighted by molar-refractivity contribution is 0.0698. The van der Waals surface area contributed by atoms with Crippen molar-refractivity contribution in [2.75, 3.05) is 18.4 Å². The molecule has 2 fully saturated rings. The minimum absolute atomic E-state index is 0.125. The van der Waals surface area contributed by atoms with Crippen molar-refractivity contribution in [1.29, 1.82) is 0 Å². The van der Waals surface area contributed by atoms with Gasteiger partial charge < -0.3 is 15.3 Å². The number of carboxylic acid groups (broad SMARTS) is 1. The largest absolute Gasteiger partial charge is 0.478 e. The monoisotopic (exact) mass is 274 g/mol. The van der Waals surface area contributed by atoms with Gasteiger partial charge in [-0.25, -0.2) is 9.59 Å². The highest BCUT2D eigenvalue weighted by molar-refractivity contribution is 6.00. The molecule has 5 nitrogen and oxygen atoms in total. The van der Waals surface area contributed by atoms with Crippen LogP contribution in [0.5, 0.6) is 0 Å². The van der Waals surface area contributed by atoms with E-state index in [1.54, 1.807) is 18.2 Å². The van der Waals surface area contributed by atoms with Gasteiger partial charge in [0.05, 0.1) is 11.3 Å².